The smallest absolute Gasteiger partial charge is 0.283 e. The largest absolute Gasteiger partial charge is 0.308 e. The Labute approximate surface area is 116 Å². The van der Waals surface area contributed by atoms with E-state index in [1.54, 1.807) is 6.07 Å². The van der Waals surface area contributed by atoms with Crippen molar-refractivity contribution >= 4 is 21.6 Å². The molecular formula is C13H19BrN2O2. The van der Waals surface area contributed by atoms with Crippen LogP contribution in [0.5, 0.6) is 0 Å². The van der Waals surface area contributed by atoms with Crippen molar-refractivity contribution in [3.63, 3.8) is 0 Å². The van der Waals surface area contributed by atoms with E-state index in [0.717, 1.165) is 18.4 Å². The van der Waals surface area contributed by atoms with Gasteiger partial charge in [-0.25, -0.2) is 0 Å². The predicted molar refractivity (Wildman–Crippen MR) is 76.6 cm³/mol. The number of hydrogen-bond acceptors (Lipinski definition) is 3. The van der Waals surface area contributed by atoms with Gasteiger partial charge in [0.05, 0.1) is 9.40 Å². The van der Waals surface area contributed by atoms with E-state index in [9.17, 15) is 10.1 Å². The third-order valence-corrected chi connectivity index (χ3v) is 3.80. The molecule has 0 saturated carbocycles. The van der Waals surface area contributed by atoms with Gasteiger partial charge in [-0.1, -0.05) is 25.5 Å². The Morgan fingerprint density at radius 1 is 1.44 bits per heavy atom. The fourth-order valence-electron chi connectivity index (χ4n) is 1.89. The van der Waals surface area contributed by atoms with E-state index in [-0.39, 0.29) is 16.1 Å². The zero-order valence-electron chi connectivity index (χ0n) is 11.0. The van der Waals surface area contributed by atoms with Crippen LogP contribution in [0.3, 0.4) is 0 Å². The fourth-order valence-corrected chi connectivity index (χ4v) is 2.44. The number of hydrogen-bond donors (Lipinski definition) is 1. The van der Waals surface area contributed by atoms with Crippen LogP contribution >= 0.6 is 15.9 Å². The summed E-state index contributed by atoms with van der Waals surface area (Å²) in [6, 6.07) is 5.11. The van der Waals surface area contributed by atoms with E-state index in [1.807, 2.05) is 6.07 Å². The molecule has 4 nitrogen and oxygen atoms in total. The summed E-state index contributed by atoms with van der Waals surface area (Å²) in [5, 5.41) is 14.3. The molecular weight excluding hydrogens is 296 g/mol. The van der Waals surface area contributed by atoms with Crippen LogP contribution in [-0.4, -0.2) is 10.5 Å². The molecule has 0 radical (unpaired) electrons. The molecule has 0 amide bonds. The Kier molecular flexibility index (Phi) is 5.28. The lowest BCUT2D eigenvalue weighted by molar-refractivity contribution is -0.385. The van der Waals surface area contributed by atoms with Gasteiger partial charge in [-0.2, -0.15) is 0 Å². The summed E-state index contributed by atoms with van der Waals surface area (Å²) in [6.45, 7) is 7.05. The van der Waals surface area contributed by atoms with Crippen molar-refractivity contribution in [2.45, 2.75) is 45.7 Å². The van der Waals surface area contributed by atoms with Gasteiger partial charge in [0.2, 0.25) is 0 Å². The van der Waals surface area contributed by atoms with Gasteiger partial charge in [0, 0.05) is 18.2 Å². The number of nitro benzene ring substituents is 1. The molecule has 1 N–H and O–H groups in total. The Bertz CT molecular complexity index is 433. The molecule has 0 unspecified atom stereocenters. The van der Waals surface area contributed by atoms with Crippen LogP contribution in [0.25, 0.3) is 0 Å². The molecule has 0 aliphatic rings. The Balaban J connectivity index is 2.80. The number of benzene rings is 1. The Morgan fingerprint density at radius 2 is 2.11 bits per heavy atom. The summed E-state index contributed by atoms with van der Waals surface area (Å²) in [6.07, 6.45) is 2.18. The minimum absolute atomic E-state index is 0.0405. The first-order chi connectivity index (χ1) is 8.37. The van der Waals surface area contributed by atoms with Gasteiger partial charge in [0.1, 0.15) is 0 Å². The summed E-state index contributed by atoms with van der Waals surface area (Å²) in [5.74, 6) is 0. The van der Waals surface area contributed by atoms with Crippen LogP contribution in [0.4, 0.5) is 5.69 Å². The van der Waals surface area contributed by atoms with Crippen molar-refractivity contribution in [1.82, 2.24) is 5.32 Å². The predicted octanol–water partition coefficient (Wildman–Crippen LogP) is 4.03. The summed E-state index contributed by atoms with van der Waals surface area (Å²) in [5.41, 5.74) is 1.06. The van der Waals surface area contributed by atoms with Crippen molar-refractivity contribution < 1.29 is 4.92 Å². The fraction of sp³-hybridized carbons (Fsp3) is 0.538. The van der Waals surface area contributed by atoms with Gasteiger partial charge >= 0.3 is 0 Å². The van der Waals surface area contributed by atoms with Crippen molar-refractivity contribution in [3.05, 3.63) is 38.3 Å². The van der Waals surface area contributed by atoms with Gasteiger partial charge in [-0.15, -0.1) is 0 Å². The summed E-state index contributed by atoms with van der Waals surface area (Å²) < 4.78 is 0.565. The monoisotopic (exact) mass is 314 g/mol. The van der Waals surface area contributed by atoms with Crippen molar-refractivity contribution in [2.24, 2.45) is 0 Å². The molecule has 0 bridgehead atoms. The van der Waals surface area contributed by atoms with Crippen LogP contribution in [0.2, 0.25) is 0 Å². The van der Waals surface area contributed by atoms with Crippen LogP contribution in [0, 0.1) is 10.1 Å². The van der Waals surface area contributed by atoms with E-state index in [2.05, 4.69) is 42.0 Å². The highest BCUT2D eigenvalue weighted by Crippen LogP contribution is 2.28. The lowest BCUT2D eigenvalue weighted by Crippen LogP contribution is -2.38. The molecule has 1 aromatic rings. The van der Waals surface area contributed by atoms with Crippen molar-refractivity contribution in [1.29, 1.82) is 0 Å². The number of halogens is 1. The number of nitrogens with one attached hydrogen (secondary N) is 1. The van der Waals surface area contributed by atoms with Gasteiger partial charge < -0.3 is 5.32 Å². The van der Waals surface area contributed by atoms with E-state index in [1.165, 1.54) is 6.07 Å². The van der Waals surface area contributed by atoms with E-state index in [4.69, 9.17) is 0 Å². The SMILES string of the molecule is CCCC(C)(C)NCc1cccc([N+](=O)[O-])c1Br. The first-order valence-electron chi connectivity index (χ1n) is 6.04. The highest BCUT2D eigenvalue weighted by atomic mass is 79.9. The molecule has 0 heterocycles. The molecule has 1 aromatic carbocycles. The quantitative estimate of drug-likeness (QED) is 0.637. The van der Waals surface area contributed by atoms with E-state index < -0.39 is 0 Å². The standard InChI is InChI=1S/C13H19BrN2O2/c1-4-8-13(2,3)15-9-10-6-5-7-11(12(10)14)16(17)18/h5-7,15H,4,8-9H2,1-3H3. The van der Waals surface area contributed by atoms with Gasteiger partial charge in [-0.3, -0.25) is 10.1 Å². The zero-order valence-corrected chi connectivity index (χ0v) is 12.6. The highest BCUT2D eigenvalue weighted by Gasteiger charge is 2.18. The minimum Gasteiger partial charge on any atom is -0.308 e. The van der Waals surface area contributed by atoms with Crippen molar-refractivity contribution in [2.75, 3.05) is 0 Å². The summed E-state index contributed by atoms with van der Waals surface area (Å²) in [7, 11) is 0. The van der Waals surface area contributed by atoms with Crippen LogP contribution in [0.15, 0.2) is 22.7 Å². The van der Waals surface area contributed by atoms with Crippen LogP contribution in [-0.2, 0) is 6.54 Å². The first-order valence-corrected chi connectivity index (χ1v) is 6.83. The maximum absolute atomic E-state index is 10.8. The molecule has 5 heteroatoms. The van der Waals surface area contributed by atoms with Crippen LogP contribution < -0.4 is 5.32 Å². The molecule has 1 rings (SSSR count). The van der Waals surface area contributed by atoms with Gasteiger partial charge in [0.25, 0.3) is 5.69 Å². The number of nitrogens with zero attached hydrogens (tertiary/aromatic N) is 1. The molecule has 0 saturated heterocycles. The molecule has 100 valence electrons. The van der Waals surface area contributed by atoms with Gasteiger partial charge in [-0.05, 0) is 41.8 Å². The van der Waals surface area contributed by atoms with Crippen LogP contribution in [0.1, 0.15) is 39.2 Å². The third-order valence-electron chi connectivity index (χ3n) is 2.89. The molecule has 0 fully saturated rings. The third kappa shape index (κ3) is 4.07. The highest BCUT2D eigenvalue weighted by molar-refractivity contribution is 9.10. The lowest BCUT2D eigenvalue weighted by atomic mass is 9.98. The van der Waals surface area contributed by atoms with E-state index >= 15 is 0 Å². The average Bonchev–Trinajstić information content (AvgIpc) is 2.27. The Morgan fingerprint density at radius 3 is 2.67 bits per heavy atom. The Hall–Kier alpha value is -0.940. The van der Waals surface area contributed by atoms with E-state index in [0.29, 0.717) is 11.0 Å². The average molecular weight is 315 g/mol. The maximum Gasteiger partial charge on any atom is 0.283 e. The lowest BCUT2D eigenvalue weighted by Gasteiger charge is -2.26. The molecule has 0 atom stereocenters. The normalized spacial score (nSPS) is 11.6. The van der Waals surface area contributed by atoms with Gasteiger partial charge in [0.15, 0.2) is 0 Å². The first kappa shape index (κ1) is 15.1. The minimum atomic E-state index is -0.370. The molecule has 0 aromatic heterocycles. The second-order valence-corrected chi connectivity index (χ2v) is 5.79. The second-order valence-electron chi connectivity index (χ2n) is 4.99. The molecule has 0 aliphatic carbocycles. The summed E-state index contributed by atoms with van der Waals surface area (Å²) in [4.78, 5) is 10.5. The number of nitro groups is 1. The maximum atomic E-state index is 10.8. The van der Waals surface area contributed by atoms with Crippen molar-refractivity contribution in [3.8, 4) is 0 Å². The zero-order chi connectivity index (χ0) is 13.8. The molecule has 0 aliphatic heterocycles. The summed E-state index contributed by atoms with van der Waals surface area (Å²) >= 11 is 3.31. The molecule has 0 spiro atoms. The number of rotatable bonds is 6. The topological polar surface area (TPSA) is 55.2 Å². The second kappa shape index (κ2) is 6.29. The molecule has 18 heavy (non-hydrogen) atoms.